The molecule has 0 radical (unpaired) electrons. The van der Waals surface area contributed by atoms with Crippen molar-refractivity contribution in [1.29, 1.82) is 0 Å². The third kappa shape index (κ3) is 3.98. The van der Waals surface area contributed by atoms with E-state index in [1.807, 2.05) is 6.07 Å². The van der Waals surface area contributed by atoms with Gasteiger partial charge < -0.3 is 10.1 Å². The molecule has 0 unspecified atom stereocenters. The Morgan fingerprint density at radius 1 is 1.27 bits per heavy atom. The smallest absolute Gasteiger partial charge is 0.433 e. The molecule has 0 fully saturated rings. The molecule has 1 aliphatic heterocycles. The van der Waals surface area contributed by atoms with Crippen LogP contribution in [0.2, 0.25) is 0 Å². The summed E-state index contributed by atoms with van der Waals surface area (Å²) < 4.78 is 45.6. The minimum atomic E-state index is -4.61. The first-order valence-corrected chi connectivity index (χ1v) is 9.28. The highest BCUT2D eigenvalue weighted by Gasteiger charge is 2.33. The molecule has 30 heavy (non-hydrogen) atoms. The fourth-order valence-electron chi connectivity index (χ4n) is 3.40. The lowest BCUT2D eigenvalue weighted by Gasteiger charge is -2.24. The number of ether oxygens (including phenoxy) is 1. The number of pyridine rings is 2. The van der Waals surface area contributed by atoms with Gasteiger partial charge in [0, 0.05) is 24.4 Å². The number of fused-ring (bicyclic) bond motifs is 1. The van der Waals surface area contributed by atoms with Crippen LogP contribution in [0.3, 0.4) is 0 Å². The number of aryl methyl sites for hydroxylation is 1. The molecular weight excluding hydrogens is 399 g/mol. The number of hydrogen-bond acceptors (Lipinski definition) is 5. The van der Waals surface area contributed by atoms with Gasteiger partial charge in [-0.25, -0.2) is 9.97 Å². The quantitative estimate of drug-likeness (QED) is 0.701. The van der Waals surface area contributed by atoms with Crippen LogP contribution in [-0.4, -0.2) is 32.8 Å². The summed E-state index contributed by atoms with van der Waals surface area (Å²) >= 11 is 0. The summed E-state index contributed by atoms with van der Waals surface area (Å²) in [4.78, 5) is 20.1. The maximum Gasteiger partial charge on any atom is 0.433 e. The minimum Gasteiger partial charge on any atom is -0.481 e. The van der Waals surface area contributed by atoms with E-state index >= 15 is 0 Å². The minimum absolute atomic E-state index is 0.277. The number of carbonyl (C=O) groups excluding carboxylic acids is 1. The van der Waals surface area contributed by atoms with Gasteiger partial charge in [0.1, 0.15) is 11.4 Å². The maximum atomic E-state index is 12.9. The van der Waals surface area contributed by atoms with Crippen LogP contribution in [0, 0.1) is 0 Å². The van der Waals surface area contributed by atoms with Crippen molar-refractivity contribution in [3.8, 4) is 17.1 Å². The number of methoxy groups -OCH3 is 1. The summed E-state index contributed by atoms with van der Waals surface area (Å²) in [6.45, 7) is 0.686. The number of amides is 1. The zero-order valence-corrected chi connectivity index (χ0v) is 16.0. The van der Waals surface area contributed by atoms with E-state index in [2.05, 4.69) is 20.4 Å². The Labute approximate surface area is 169 Å². The molecule has 1 atom stereocenters. The summed E-state index contributed by atoms with van der Waals surface area (Å²) in [5.74, 6) is -0.202. The first-order valence-electron chi connectivity index (χ1n) is 9.28. The Kier molecular flexibility index (Phi) is 5.15. The molecule has 0 spiro atoms. The Morgan fingerprint density at radius 3 is 2.87 bits per heavy atom. The number of alkyl halides is 3. The van der Waals surface area contributed by atoms with Gasteiger partial charge in [0.15, 0.2) is 0 Å². The third-order valence-electron chi connectivity index (χ3n) is 4.85. The van der Waals surface area contributed by atoms with Crippen molar-refractivity contribution in [3.63, 3.8) is 0 Å². The van der Waals surface area contributed by atoms with Crippen molar-refractivity contribution in [2.45, 2.75) is 31.6 Å². The van der Waals surface area contributed by atoms with E-state index in [9.17, 15) is 18.0 Å². The van der Waals surface area contributed by atoms with Gasteiger partial charge in [0.25, 0.3) is 5.91 Å². The van der Waals surface area contributed by atoms with Crippen molar-refractivity contribution in [1.82, 2.24) is 25.1 Å². The molecule has 3 aromatic rings. The highest BCUT2D eigenvalue weighted by atomic mass is 19.4. The maximum absolute atomic E-state index is 12.9. The number of halogens is 3. The summed E-state index contributed by atoms with van der Waals surface area (Å²) in [7, 11) is 1.53. The summed E-state index contributed by atoms with van der Waals surface area (Å²) in [6.07, 6.45) is -1.57. The lowest BCUT2D eigenvalue weighted by Crippen LogP contribution is -2.33. The topological polar surface area (TPSA) is 81.9 Å². The van der Waals surface area contributed by atoms with Gasteiger partial charge >= 0.3 is 6.18 Å². The molecule has 1 aliphatic rings. The van der Waals surface area contributed by atoms with Gasteiger partial charge in [-0.15, -0.1) is 0 Å². The van der Waals surface area contributed by atoms with Crippen LogP contribution in [0.25, 0.3) is 11.3 Å². The number of hydrogen-bond donors (Lipinski definition) is 1. The first-order chi connectivity index (χ1) is 14.3. The molecule has 0 aromatic carbocycles. The van der Waals surface area contributed by atoms with Crippen LogP contribution < -0.4 is 10.1 Å². The molecule has 3 aromatic heterocycles. The molecule has 7 nitrogen and oxygen atoms in total. The average Bonchev–Trinajstić information content (AvgIpc) is 3.19. The Bertz CT molecular complexity index is 1080. The normalized spacial score (nSPS) is 16.1. The lowest BCUT2D eigenvalue weighted by atomic mass is 10.0. The predicted molar refractivity (Wildman–Crippen MR) is 101 cm³/mol. The van der Waals surface area contributed by atoms with E-state index in [1.54, 1.807) is 23.0 Å². The third-order valence-corrected chi connectivity index (χ3v) is 4.85. The Hall–Kier alpha value is -3.43. The zero-order valence-electron chi connectivity index (χ0n) is 16.0. The van der Waals surface area contributed by atoms with E-state index < -0.39 is 17.8 Å². The fourth-order valence-corrected chi connectivity index (χ4v) is 3.40. The van der Waals surface area contributed by atoms with E-state index in [4.69, 9.17) is 4.74 Å². The van der Waals surface area contributed by atoms with Gasteiger partial charge in [-0.3, -0.25) is 9.48 Å². The average molecular weight is 417 g/mol. The Balaban J connectivity index is 1.58. The monoisotopic (exact) mass is 417 g/mol. The molecule has 156 valence electrons. The van der Waals surface area contributed by atoms with Crippen LogP contribution in [0.4, 0.5) is 13.2 Å². The lowest BCUT2D eigenvalue weighted by molar-refractivity contribution is -0.141. The van der Waals surface area contributed by atoms with Crippen LogP contribution >= 0.6 is 0 Å². The van der Waals surface area contributed by atoms with Crippen molar-refractivity contribution >= 4 is 5.91 Å². The molecular formula is C20H18F3N5O2. The SMILES string of the molecule is COc1cc(-c2cc3n(n2)CCC[C@@H]3NC(=O)c2cccc(C(F)(F)F)n2)ccn1. The van der Waals surface area contributed by atoms with Crippen LogP contribution in [-0.2, 0) is 12.7 Å². The van der Waals surface area contributed by atoms with Gasteiger partial charge in [0.2, 0.25) is 5.88 Å². The standard InChI is InChI=1S/C20H18F3N5O2/c1-30-18-10-12(7-8-24-18)15-11-16-13(5-3-9-28(16)27-15)26-19(29)14-4-2-6-17(25-14)20(21,22)23/h2,4,6-8,10-11,13H,3,5,9H2,1H3,(H,26,29)/t13-/m0/s1. The van der Waals surface area contributed by atoms with Crippen molar-refractivity contribution in [3.05, 3.63) is 59.7 Å². The second-order valence-electron chi connectivity index (χ2n) is 6.84. The second kappa shape index (κ2) is 7.77. The number of rotatable bonds is 4. The largest absolute Gasteiger partial charge is 0.481 e. The number of carbonyl (C=O) groups is 1. The van der Waals surface area contributed by atoms with Crippen molar-refractivity contribution in [2.75, 3.05) is 7.11 Å². The summed E-state index contributed by atoms with van der Waals surface area (Å²) in [5.41, 5.74) is 0.920. The second-order valence-corrected chi connectivity index (χ2v) is 6.84. The van der Waals surface area contributed by atoms with Gasteiger partial charge in [-0.2, -0.15) is 18.3 Å². The molecule has 10 heteroatoms. The fraction of sp³-hybridized carbons (Fsp3) is 0.300. The number of nitrogens with zero attached hydrogens (tertiary/aromatic N) is 4. The summed E-state index contributed by atoms with van der Waals surface area (Å²) in [6, 6.07) is 8.31. The number of aromatic nitrogens is 4. The van der Waals surface area contributed by atoms with E-state index in [1.165, 1.54) is 19.2 Å². The van der Waals surface area contributed by atoms with E-state index in [0.717, 1.165) is 23.7 Å². The highest BCUT2D eigenvalue weighted by molar-refractivity contribution is 5.92. The zero-order chi connectivity index (χ0) is 21.3. The van der Waals surface area contributed by atoms with Crippen LogP contribution in [0.5, 0.6) is 5.88 Å². The Morgan fingerprint density at radius 2 is 2.10 bits per heavy atom. The van der Waals surface area contributed by atoms with Crippen LogP contribution in [0.15, 0.2) is 42.6 Å². The van der Waals surface area contributed by atoms with Crippen molar-refractivity contribution in [2.24, 2.45) is 0 Å². The first kappa shape index (κ1) is 19.9. The molecule has 0 saturated carbocycles. The molecule has 0 aliphatic carbocycles. The van der Waals surface area contributed by atoms with Gasteiger partial charge in [0.05, 0.1) is 24.5 Å². The molecule has 4 rings (SSSR count). The van der Waals surface area contributed by atoms with Crippen molar-refractivity contribution < 1.29 is 22.7 Å². The number of nitrogens with one attached hydrogen (secondary N) is 1. The van der Waals surface area contributed by atoms with E-state index in [0.29, 0.717) is 24.5 Å². The molecule has 0 bridgehead atoms. The predicted octanol–water partition coefficient (Wildman–Crippen LogP) is 3.63. The summed E-state index contributed by atoms with van der Waals surface area (Å²) in [5, 5.41) is 7.38. The van der Waals surface area contributed by atoms with Gasteiger partial charge in [-0.05, 0) is 37.1 Å². The van der Waals surface area contributed by atoms with Gasteiger partial charge in [-0.1, -0.05) is 6.07 Å². The molecule has 1 amide bonds. The molecule has 1 N–H and O–H groups in total. The highest BCUT2D eigenvalue weighted by Crippen LogP contribution is 2.31. The van der Waals surface area contributed by atoms with Crippen LogP contribution in [0.1, 0.15) is 40.8 Å². The molecule has 4 heterocycles. The van der Waals surface area contributed by atoms with E-state index in [-0.39, 0.29) is 11.7 Å². The molecule has 0 saturated heterocycles.